The van der Waals surface area contributed by atoms with E-state index in [-0.39, 0.29) is 18.0 Å². The summed E-state index contributed by atoms with van der Waals surface area (Å²) in [5, 5.41) is 5.97. The second kappa shape index (κ2) is 9.96. The number of para-hydroxylation sites is 1. The maximum absolute atomic E-state index is 12.3. The van der Waals surface area contributed by atoms with Crippen molar-refractivity contribution >= 4 is 17.6 Å². The lowest BCUT2D eigenvalue weighted by molar-refractivity contribution is -0.122. The first-order valence-corrected chi connectivity index (χ1v) is 10.1. The van der Waals surface area contributed by atoms with Crippen molar-refractivity contribution in [3.63, 3.8) is 0 Å². The van der Waals surface area contributed by atoms with Gasteiger partial charge in [0.15, 0.2) is 0 Å². The number of carbonyl (C=O) groups is 2. The van der Waals surface area contributed by atoms with E-state index in [1.165, 1.54) is 0 Å². The van der Waals surface area contributed by atoms with Gasteiger partial charge in [-0.3, -0.25) is 4.79 Å². The number of carbonyl (C=O) groups excluding carboxylic acids is 2. The van der Waals surface area contributed by atoms with Gasteiger partial charge in [-0.1, -0.05) is 30.3 Å². The van der Waals surface area contributed by atoms with Crippen molar-refractivity contribution in [1.29, 1.82) is 0 Å². The molecule has 1 aliphatic heterocycles. The first-order chi connectivity index (χ1) is 14.0. The third kappa shape index (κ3) is 6.24. The van der Waals surface area contributed by atoms with Crippen LogP contribution in [-0.2, 0) is 4.79 Å². The monoisotopic (exact) mass is 395 g/mol. The minimum absolute atomic E-state index is 0.0116. The van der Waals surface area contributed by atoms with Crippen LogP contribution in [0, 0.1) is 13.8 Å². The third-order valence-electron chi connectivity index (χ3n) is 5.10. The molecule has 0 atom stereocenters. The molecule has 6 heteroatoms. The normalized spacial score (nSPS) is 14.3. The molecule has 0 unspecified atom stereocenters. The van der Waals surface area contributed by atoms with E-state index >= 15 is 0 Å². The number of rotatable bonds is 6. The summed E-state index contributed by atoms with van der Waals surface area (Å²) in [5.41, 5.74) is 2.99. The Balaban J connectivity index is 1.36. The molecular formula is C23H29N3O3. The van der Waals surface area contributed by atoms with Crippen LogP contribution in [0.5, 0.6) is 5.75 Å². The summed E-state index contributed by atoms with van der Waals surface area (Å²) < 4.78 is 5.76. The van der Waals surface area contributed by atoms with Gasteiger partial charge in [-0.15, -0.1) is 0 Å². The molecule has 0 radical (unpaired) electrons. The third-order valence-corrected chi connectivity index (χ3v) is 5.10. The minimum Gasteiger partial charge on any atom is -0.493 e. The molecular weight excluding hydrogens is 366 g/mol. The number of urea groups is 1. The predicted molar refractivity (Wildman–Crippen MR) is 114 cm³/mol. The van der Waals surface area contributed by atoms with E-state index in [1.54, 1.807) is 4.90 Å². The summed E-state index contributed by atoms with van der Waals surface area (Å²) in [7, 11) is 0. The maximum Gasteiger partial charge on any atom is 0.321 e. The Bertz CT molecular complexity index is 831. The highest BCUT2D eigenvalue weighted by Crippen LogP contribution is 2.19. The van der Waals surface area contributed by atoms with E-state index in [9.17, 15) is 9.59 Å². The van der Waals surface area contributed by atoms with Crippen LogP contribution in [0.2, 0.25) is 0 Å². The summed E-state index contributed by atoms with van der Waals surface area (Å²) in [5.74, 6) is 0.818. The van der Waals surface area contributed by atoms with Gasteiger partial charge in [-0.2, -0.15) is 0 Å². The van der Waals surface area contributed by atoms with Crippen LogP contribution in [0.15, 0.2) is 48.5 Å². The van der Waals surface area contributed by atoms with Crippen molar-refractivity contribution in [3.05, 3.63) is 59.7 Å². The number of anilines is 1. The summed E-state index contributed by atoms with van der Waals surface area (Å²) >= 11 is 0. The molecule has 1 heterocycles. The first kappa shape index (κ1) is 20.7. The van der Waals surface area contributed by atoms with E-state index in [1.807, 2.05) is 62.4 Å². The zero-order valence-electron chi connectivity index (χ0n) is 17.1. The van der Waals surface area contributed by atoms with Crippen LogP contribution in [0.1, 0.15) is 30.4 Å². The molecule has 29 heavy (non-hydrogen) atoms. The molecule has 3 amide bonds. The zero-order chi connectivity index (χ0) is 20.6. The molecule has 2 aromatic rings. The van der Waals surface area contributed by atoms with Crippen molar-refractivity contribution in [2.75, 3.05) is 25.0 Å². The van der Waals surface area contributed by atoms with Crippen molar-refractivity contribution in [1.82, 2.24) is 10.2 Å². The van der Waals surface area contributed by atoms with Gasteiger partial charge in [0, 0.05) is 24.8 Å². The fourth-order valence-corrected chi connectivity index (χ4v) is 3.37. The van der Waals surface area contributed by atoms with Crippen LogP contribution in [-0.4, -0.2) is 42.6 Å². The Hall–Kier alpha value is -3.02. The Morgan fingerprint density at radius 1 is 1.07 bits per heavy atom. The summed E-state index contributed by atoms with van der Waals surface area (Å²) in [4.78, 5) is 26.4. The zero-order valence-corrected chi connectivity index (χ0v) is 17.1. The van der Waals surface area contributed by atoms with Crippen molar-refractivity contribution in [2.24, 2.45) is 0 Å². The number of likely N-dealkylation sites (tertiary alicyclic amines) is 1. The van der Waals surface area contributed by atoms with E-state index < -0.39 is 0 Å². The maximum atomic E-state index is 12.3. The molecule has 3 rings (SSSR count). The molecule has 2 aromatic carbocycles. The molecule has 0 spiro atoms. The number of ether oxygens (including phenoxy) is 1. The Morgan fingerprint density at radius 3 is 2.52 bits per heavy atom. The van der Waals surface area contributed by atoms with Gasteiger partial charge in [0.2, 0.25) is 5.91 Å². The van der Waals surface area contributed by atoms with Crippen LogP contribution in [0.3, 0.4) is 0 Å². The first-order valence-electron chi connectivity index (χ1n) is 10.1. The minimum atomic E-state index is -0.0945. The van der Waals surface area contributed by atoms with E-state index in [0.717, 1.165) is 35.4 Å². The molecule has 154 valence electrons. The highest BCUT2D eigenvalue weighted by Gasteiger charge is 2.23. The smallest absolute Gasteiger partial charge is 0.321 e. The summed E-state index contributed by atoms with van der Waals surface area (Å²) in [6.07, 6.45) is 1.83. The molecule has 0 bridgehead atoms. The van der Waals surface area contributed by atoms with Crippen LogP contribution in [0.4, 0.5) is 10.5 Å². The Morgan fingerprint density at radius 2 is 1.79 bits per heavy atom. The largest absolute Gasteiger partial charge is 0.493 e. The molecule has 1 saturated heterocycles. The van der Waals surface area contributed by atoms with E-state index in [2.05, 4.69) is 10.6 Å². The molecule has 2 N–H and O–H groups in total. The number of aryl methyl sites for hydroxylation is 2. The Kier molecular flexibility index (Phi) is 7.11. The molecule has 1 aliphatic rings. The summed E-state index contributed by atoms with van der Waals surface area (Å²) in [6.45, 7) is 5.63. The van der Waals surface area contributed by atoms with Gasteiger partial charge in [0.1, 0.15) is 5.75 Å². The number of nitrogens with zero attached hydrogens (tertiary/aromatic N) is 1. The number of benzene rings is 2. The van der Waals surface area contributed by atoms with Gasteiger partial charge in [0.05, 0.1) is 13.0 Å². The highest BCUT2D eigenvalue weighted by molar-refractivity contribution is 5.89. The lowest BCUT2D eigenvalue weighted by Crippen LogP contribution is -2.47. The van der Waals surface area contributed by atoms with Gasteiger partial charge >= 0.3 is 6.03 Å². The standard InChI is InChI=1S/C23H29N3O3/c1-17-8-9-18(2)21(16-17)29-15-12-22(27)24-20-10-13-26(14-11-20)23(28)25-19-6-4-3-5-7-19/h3-9,16,20H,10-15H2,1-2H3,(H,24,27)(H,25,28). The fourth-order valence-electron chi connectivity index (χ4n) is 3.37. The second-order valence-corrected chi connectivity index (χ2v) is 7.49. The summed E-state index contributed by atoms with van der Waals surface area (Å²) in [6, 6.07) is 15.5. The van der Waals surface area contributed by atoms with Gasteiger partial charge in [-0.25, -0.2) is 4.79 Å². The Labute approximate surface area is 172 Å². The lowest BCUT2D eigenvalue weighted by Gasteiger charge is -2.32. The molecule has 0 saturated carbocycles. The quantitative estimate of drug-likeness (QED) is 0.780. The van der Waals surface area contributed by atoms with Gasteiger partial charge < -0.3 is 20.3 Å². The lowest BCUT2D eigenvalue weighted by atomic mass is 10.1. The number of piperidine rings is 1. The highest BCUT2D eigenvalue weighted by atomic mass is 16.5. The van der Waals surface area contributed by atoms with Crippen molar-refractivity contribution in [3.8, 4) is 5.75 Å². The number of hydrogen-bond donors (Lipinski definition) is 2. The second-order valence-electron chi connectivity index (χ2n) is 7.49. The van der Waals surface area contributed by atoms with Crippen molar-refractivity contribution < 1.29 is 14.3 Å². The molecule has 1 fully saturated rings. The van der Waals surface area contributed by atoms with Gasteiger partial charge in [0.25, 0.3) is 0 Å². The van der Waals surface area contributed by atoms with Crippen LogP contribution >= 0.6 is 0 Å². The van der Waals surface area contributed by atoms with E-state index in [4.69, 9.17) is 4.74 Å². The average molecular weight is 396 g/mol. The number of hydrogen-bond acceptors (Lipinski definition) is 3. The SMILES string of the molecule is Cc1ccc(C)c(OCCC(=O)NC2CCN(C(=O)Nc3ccccc3)CC2)c1. The van der Waals surface area contributed by atoms with E-state index in [0.29, 0.717) is 26.1 Å². The fraction of sp³-hybridized carbons (Fsp3) is 0.391. The number of amides is 3. The topological polar surface area (TPSA) is 70.7 Å². The predicted octanol–water partition coefficient (Wildman–Crippen LogP) is 3.89. The van der Waals surface area contributed by atoms with Crippen molar-refractivity contribution in [2.45, 2.75) is 39.2 Å². The molecule has 0 aliphatic carbocycles. The average Bonchev–Trinajstić information content (AvgIpc) is 2.72. The molecule has 0 aromatic heterocycles. The molecule has 6 nitrogen and oxygen atoms in total. The number of nitrogens with one attached hydrogen (secondary N) is 2. The van der Waals surface area contributed by atoms with Crippen LogP contribution < -0.4 is 15.4 Å². The van der Waals surface area contributed by atoms with Crippen LogP contribution in [0.25, 0.3) is 0 Å². The van der Waals surface area contributed by atoms with Gasteiger partial charge in [-0.05, 0) is 56.0 Å².